The van der Waals surface area contributed by atoms with E-state index >= 15 is 0 Å². The Balaban J connectivity index is 2.16. The van der Waals surface area contributed by atoms with Gasteiger partial charge in [0.25, 0.3) is 0 Å². The van der Waals surface area contributed by atoms with Crippen LogP contribution in [0.15, 0.2) is 24.3 Å². The fourth-order valence-electron chi connectivity index (χ4n) is 8.31. The largest absolute Gasteiger partial charge is 0.508 e. The highest BCUT2D eigenvalue weighted by Crippen LogP contribution is 2.21. The molecule has 0 radical (unpaired) electrons. The Labute approximate surface area is 422 Å². The lowest BCUT2D eigenvalue weighted by Crippen LogP contribution is -2.61. The lowest BCUT2D eigenvalue weighted by atomic mass is 9.96. The van der Waals surface area contributed by atoms with Crippen molar-refractivity contribution < 1.29 is 67.7 Å². The van der Waals surface area contributed by atoms with E-state index in [0.717, 1.165) is 30.6 Å². The van der Waals surface area contributed by atoms with Crippen LogP contribution in [0.1, 0.15) is 109 Å². The third-order valence-corrected chi connectivity index (χ3v) is 12.7. The van der Waals surface area contributed by atoms with Crippen molar-refractivity contribution in [2.75, 3.05) is 19.7 Å². The van der Waals surface area contributed by atoms with Crippen molar-refractivity contribution in [3.05, 3.63) is 29.8 Å². The smallest absolute Gasteiger partial charge is 0.246 e. The van der Waals surface area contributed by atoms with E-state index in [1.807, 2.05) is 0 Å². The Morgan fingerprint density at radius 1 is 0.616 bits per heavy atom. The first kappa shape index (κ1) is 59.9. The Hall–Kier alpha value is -7.38. The standard InChI is InChI=1S/C47H72N12O14/c1-3-25(2)9-6-4-5-7-10-27-23-52-46(72)35-11-8-18-59(35)47(73)33(22-39(51)65)57-45(71)34(24-60)58-41(67)29(16-17-36(48)62)53-43(69)32(21-38(50)64)56-42(68)30(19-26-12-14-28(61)15-13-26)55-44(70)31(20-37(49)63)54-40(27)66/h12-15,25,27,29-35,60-61H,3-11,16-24H2,1-2H3,(H2,48,62)(H2,49,63)(H2,50,64)(H2,51,65)(H,52,72)(H,53,69)(H,54,66)(H,55,70)(H,56,68)(H,57,71)(H,58,67)/t25?,27-,29+,30-,31+,32+,33+,34+,35-/m1/s1. The number of phenols is 1. The average Bonchev–Trinajstić information content (AvgIpc) is 3.82. The van der Waals surface area contributed by atoms with Crippen LogP contribution in [0.5, 0.6) is 5.75 Å². The molecule has 2 fully saturated rings. The van der Waals surface area contributed by atoms with Gasteiger partial charge in [-0.15, -0.1) is 0 Å². The predicted octanol–water partition coefficient (Wildman–Crippen LogP) is -4.15. The summed E-state index contributed by atoms with van der Waals surface area (Å²) in [6, 6.07) is -6.48. The number of primary amides is 4. The van der Waals surface area contributed by atoms with Crippen molar-refractivity contribution in [1.29, 1.82) is 0 Å². The maximum absolute atomic E-state index is 14.2. The van der Waals surface area contributed by atoms with E-state index in [4.69, 9.17) is 22.9 Å². The Bertz CT molecular complexity index is 2160. The molecule has 0 aromatic heterocycles. The maximum Gasteiger partial charge on any atom is 0.246 e. The van der Waals surface area contributed by atoms with Gasteiger partial charge in [-0.1, -0.05) is 64.5 Å². The molecular weight excluding hydrogens is 957 g/mol. The zero-order valence-electron chi connectivity index (χ0n) is 41.3. The summed E-state index contributed by atoms with van der Waals surface area (Å²) in [7, 11) is 0. The van der Waals surface area contributed by atoms with E-state index < -0.39 is 158 Å². The highest BCUT2D eigenvalue weighted by molar-refractivity contribution is 6.00. The number of carbonyl (C=O) groups excluding carboxylic acids is 12. The van der Waals surface area contributed by atoms with E-state index in [2.05, 4.69) is 51.1 Å². The molecule has 2 saturated heterocycles. The van der Waals surface area contributed by atoms with Gasteiger partial charge in [0, 0.05) is 25.9 Å². The van der Waals surface area contributed by atoms with Crippen LogP contribution in [0.3, 0.4) is 0 Å². The molecule has 1 aromatic carbocycles. The third kappa shape index (κ3) is 20.3. The molecule has 3 rings (SSSR count). The lowest BCUT2D eigenvalue weighted by Gasteiger charge is -2.30. The minimum absolute atomic E-state index is 0.0181. The molecule has 0 aliphatic carbocycles. The van der Waals surface area contributed by atoms with Gasteiger partial charge >= 0.3 is 0 Å². The van der Waals surface area contributed by atoms with Crippen LogP contribution < -0.4 is 60.2 Å². The number of nitrogens with one attached hydrogen (secondary N) is 7. The Morgan fingerprint density at radius 2 is 1.11 bits per heavy atom. The summed E-state index contributed by atoms with van der Waals surface area (Å²) in [5, 5.41) is 37.0. The summed E-state index contributed by atoms with van der Waals surface area (Å²) in [5.74, 6) is -13.2. The highest BCUT2D eigenvalue weighted by atomic mass is 16.3. The van der Waals surface area contributed by atoms with Gasteiger partial charge < -0.3 is 75.3 Å². The number of hydrogen-bond acceptors (Lipinski definition) is 14. The molecule has 0 saturated carbocycles. The van der Waals surface area contributed by atoms with Gasteiger partial charge in [0.1, 0.15) is 48.0 Å². The monoisotopic (exact) mass is 1030 g/mol. The second-order valence-corrected chi connectivity index (χ2v) is 18.6. The maximum atomic E-state index is 14.2. The van der Waals surface area contributed by atoms with Crippen LogP contribution in [0.4, 0.5) is 0 Å². The number of unbranched alkanes of at least 4 members (excludes halogenated alkanes) is 3. The minimum Gasteiger partial charge on any atom is -0.508 e. The minimum atomic E-state index is -1.90. The number of aliphatic hydroxyl groups excluding tert-OH is 1. The number of nitrogens with zero attached hydrogens (tertiary/aromatic N) is 1. The average molecular weight is 1030 g/mol. The molecule has 73 heavy (non-hydrogen) atoms. The molecule has 2 aliphatic heterocycles. The van der Waals surface area contributed by atoms with Gasteiger partial charge in [0.15, 0.2) is 0 Å². The quantitative estimate of drug-likeness (QED) is 0.0552. The number of phenolic OH excluding ortho intramolecular Hbond substituents is 1. The van der Waals surface area contributed by atoms with Crippen LogP contribution in [0.25, 0.3) is 0 Å². The van der Waals surface area contributed by atoms with E-state index in [1.165, 1.54) is 24.3 Å². The second-order valence-electron chi connectivity index (χ2n) is 18.6. The van der Waals surface area contributed by atoms with E-state index in [-0.39, 0.29) is 38.1 Å². The fraction of sp³-hybridized carbons (Fsp3) is 0.617. The Morgan fingerprint density at radius 3 is 1.68 bits per heavy atom. The summed E-state index contributed by atoms with van der Waals surface area (Å²) in [5.41, 5.74) is 22.1. The van der Waals surface area contributed by atoms with E-state index in [0.29, 0.717) is 30.7 Å². The molecule has 12 amide bonds. The van der Waals surface area contributed by atoms with Crippen molar-refractivity contribution in [3.63, 3.8) is 0 Å². The zero-order chi connectivity index (χ0) is 54.4. The van der Waals surface area contributed by atoms with Crippen molar-refractivity contribution in [2.24, 2.45) is 34.8 Å². The van der Waals surface area contributed by atoms with Crippen molar-refractivity contribution >= 4 is 70.9 Å². The molecule has 2 heterocycles. The van der Waals surface area contributed by atoms with E-state index in [9.17, 15) is 67.7 Å². The van der Waals surface area contributed by atoms with Crippen molar-refractivity contribution in [2.45, 2.75) is 152 Å². The van der Waals surface area contributed by atoms with Gasteiger partial charge in [0.2, 0.25) is 70.9 Å². The molecule has 26 heteroatoms. The van der Waals surface area contributed by atoms with Gasteiger partial charge in [-0.3, -0.25) is 57.5 Å². The van der Waals surface area contributed by atoms with Crippen LogP contribution in [0, 0.1) is 11.8 Å². The molecule has 17 N–H and O–H groups in total. The number of amides is 12. The number of nitrogens with two attached hydrogens (primary N) is 4. The van der Waals surface area contributed by atoms with Gasteiger partial charge in [-0.2, -0.15) is 0 Å². The molecule has 2 aliphatic rings. The topological polar surface area (TPSA) is 437 Å². The number of aromatic hydroxyl groups is 1. The normalized spacial score (nSPS) is 24.7. The third-order valence-electron chi connectivity index (χ3n) is 12.7. The van der Waals surface area contributed by atoms with Crippen LogP contribution >= 0.6 is 0 Å². The Kier molecular flexibility index (Phi) is 24.5. The van der Waals surface area contributed by atoms with Crippen molar-refractivity contribution in [3.8, 4) is 5.75 Å². The SMILES string of the molecule is CCC(C)CCCCCC[C@@H]1CNC(=O)[C@H]2CCCN2C(=O)[C@H](CC(N)=O)NC(=O)[C@H](CO)NC(=O)[C@H](CCC(N)=O)NC(=O)[C@H](CC(N)=O)NC(=O)[C@@H](Cc2ccc(O)cc2)NC(=O)[C@H](CC(N)=O)NC1=O. The van der Waals surface area contributed by atoms with Crippen LogP contribution in [-0.4, -0.2) is 148 Å². The second kappa shape index (κ2) is 29.8. The fourth-order valence-corrected chi connectivity index (χ4v) is 8.31. The van der Waals surface area contributed by atoms with E-state index in [1.54, 1.807) is 0 Å². The summed E-state index contributed by atoms with van der Waals surface area (Å²) >= 11 is 0. The number of benzene rings is 1. The molecular formula is C47H72N12O14. The molecule has 26 nitrogen and oxygen atoms in total. The number of rotatable bonds is 20. The first-order valence-electron chi connectivity index (χ1n) is 24.5. The molecule has 9 atom stereocenters. The lowest BCUT2D eigenvalue weighted by molar-refractivity contribution is -0.143. The van der Waals surface area contributed by atoms with Crippen LogP contribution in [-0.2, 0) is 64.0 Å². The molecule has 0 bridgehead atoms. The highest BCUT2D eigenvalue weighted by Gasteiger charge is 2.40. The number of hydrogen-bond donors (Lipinski definition) is 13. The molecule has 404 valence electrons. The summed E-state index contributed by atoms with van der Waals surface area (Å²) < 4.78 is 0. The molecule has 0 spiro atoms. The van der Waals surface area contributed by atoms with Gasteiger partial charge in [-0.05, 0) is 49.3 Å². The van der Waals surface area contributed by atoms with Crippen molar-refractivity contribution in [1.82, 2.24) is 42.1 Å². The zero-order valence-corrected chi connectivity index (χ0v) is 41.3. The van der Waals surface area contributed by atoms with Gasteiger partial charge in [-0.25, -0.2) is 0 Å². The predicted molar refractivity (Wildman–Crippen MR) is 259 cm³/mol. The summed E-state index contributed by atoms with van der Waals surface area (Å²) in [6.45, 7) is 2.78. The first-order valence-corrected chi connectivity index (χ1v) is 24.5. The van der Waals surface area contributed by atoms with Gasteiger partial charge in [0.05, 0.1) is 31.8 Å². The first-order chi connectivity index (χ1) is 34.5. The number of fused-ring (bicyclic) bond motifs is 1. The van der Waals surface area contributed by atoms with Crippen LogP contribution in [0.2, 0.25) is 0 Å². The number of aliphatic hydroxyl groups is 1. The summed E-state index contributed by atoms with van der Waals surface area (Å²) in [6.07, 6.45) is 1.67. The molecule has 1 aromatic rings. The summed E-state index contributed by atoms with van der Waals surface area (Å²) in [4.78, 5) is 162. The number of carbonyl (C=O) groups is 12. The molecule has 1 unspecified atom stereocenters.